The van der Waals surface area contributed by atoms with Gasteiger partial charge in [0.25, 0.3) is 0 Å². The maximum Gasteiger partial charge on any atom is 0.317 e. The van der Waals surface area contributed by atoms with Crippen molar-refractivity contribution in [3.8, 4) is 5.75 Å². The Labute approximate surface area is 155 Å². The van der Waals surface area contributed by atoms with Crippen molar-refractivity contribution in [2.45, 2.75) is 37.8 Å². The SMILES string of the molecule is O=C(NC(c1ccccc1)C1CC1)N1CCC(Oc2ccccc2)CC1. The quantitative estimate of drug-likeness (QED) is 0.869. The molecule has 4 nitrogen and oxygen atoms in total. The van der Waals surface area contributed by atoms with E-state index in [0.717, 1.165) is 31.7 Å². The van der Waals surface area contributed by atoms with Crippen molar-refractivity contribution < 1.29 is 9.53 Å². The summed E-state index contributed by atoms with van der Waals surface area (Å²) in [4.78, 5) is 14.7. The Morgan fingerprint density at radius 2 is 1.54 bits per heavy atom. The Morgan fingerprint density at radius 3 is 2.15 bits per heavy atom. The van der Waals surface area contributed by atoms with Crippen molar-refractivity contribution in [1.82, 2.24) is 10.2 Å². The van der Waals surface area contributed by atoms with Crippen LogP contribution in [0.1, 0.15) is 37.3 Å². The first-order valence-corrected chi connectivity index (χ1v) is 9.62. The van der Waals surface area contributed by atoms with Gasteiger partial charge in [-0.1, -0.05) is 48.5 Å². The zero-order valence-electron chi connectivity index (χ0n) is 15.0. The highest BCUT2D eigenvalue weighted by Crippen LogP contribution is 2.41. The fourth-order valence-electron chi connectivity index (χ4n) is 3.66. The van der Waals surface area contributed by atoms with E-state index in [9.17, 15) is 4.79 Å². The van der Waals surface area contributed by atoms with Crippen LogP contribution in [0.25, 0.3) is 0 Å². The van der Waals surface area contributed by atoms with Crippen LogP contribution in [0.2, 0.25) is 0 Å². The van der Waals surface area contributed by atoms with E-state index in [1.807, 2.05) is 53.4 Å². The van der Waals surface area contributed by atoms with E-state index < -0.39 is 0 Å². The molecule has 136 valence electrons. The van der Waals surface area contributed by atoms with E-state index in [1.165, 1.54) is 18.4 Å². The van der Waals surface area contributed by atoms with Gasteiger partial charge in [0, 0.05) is 25.9 Å². The molecule has 1 saturated carbocycles. The van der Waals surface area contributed by atoms with E-state index >= 15 is 0 Å². The molecule has 1 heterocycles. The van der Waals surface area contributed by atoms with Crippen molar-refractivity contribution in [3.05, 3.63) is 66.2 Å². The summed E-state index contributed by atoms with van der Waals surface area (Å²) >= 11 is 0. The van der Waals surface area contributed by atoms with Gasteiger partial charge in [0.05, 0.1) is 6.04 Å². The molecule has 2 aliphatic rings. The van der Waals surface area contributed by atoms with E-state index in [-0.39, 0.29) is 18.2 Å². The molecule has 0 spiro atoms. The van der Waals surface area contributed by atoms with Crippen molar-refractivity contribution in [2.24, 2.45) is 5.92 Å². The largest absolute Gasteiger partial charge is 0.490 e. The first-order valence-electron chi connectivity index (χ1n) is 9.62. The molecule has 0 aromatic heterocycles. The molecule has 4 heteroatoms. The normalized spacial score (nSPS) is 19.0. The van der Waals surface area contributed by atoms with E-state index in [1.54, 1.807) is 0 Å². The highest BCUT2D eigenvalue weighted by atomic mass is 16.5. The second-order valence-corrected chi connectivity index (χ2v) is 7.29. The number of nitrogens with zero attached hydrogens (tertiary/aromatic N) is 1. The number of nitrogens with one attached hydrogen (secondary N) is 1. The highest BCUT2D eigenvalue weighted by molar-refractivity contribution is 5.75. The average molecular weight is 350 g/mol. The minimum absolute atomic E-state index is 0.0592. The van der Waals surface area contributed by atoms with Gasteiger partial charge in [-0.15, -0.1) is 0 Å². The number of hydrogen-bond acceptors (Lipinski definition) is 2. The Balaban J connectivity index is 1.30. The van der Waals surface area contributed by atoms with Crippen LogP contribution in [0.15, 0.2) is 60.7 Å². The van der Waals surface area contributed by atoms with Crippen molar-refractivity contribution >= 4 is 6.03 Å². The zero-order valence-corrected chi connectivity index (χ0v) is 15.0. The second kappa shape index (κ2) is 7.81. The first kappa shape index (κ1) is 17.0. The molecule has 2 fully saturated rings. The lowest BCUT2D eigenvalue weighted by Crippen LogP contribution is -2.47. The number of hydrogen-bond donors (Lipinski definition) is 1. The highest BCUT2D eigenvalue weighted by Gasteiger charge is 2.34. The average Bonchev–Trinajstić information content (AvgIpc) is 3.53. The van der Waals surface area contributed by atoms with Crippen LogP contribution < -0.4 is 10.1 Å². The molecule has 2 amide bonds. The summed E-state index contributed by atoms with van der Waals surface area (Å²) in [6.45, 7) is 1.49. The Morgan fingerprint density at radius 1 is 0.923 bits per heavy atom. The number of carbonyl (C=O) groups excluding carboxylic acids is 1. The van der Waals surface area contributed by atoms with Gasteiger partial charge < -0.3 is 15.0 Å². The standard InChI is InChI=1S/C22H26N2O2/c25-22(23-21(18-11-12-18)17-7-3-1-4-8-17)24-15-13-20(14-16-24)26-19-9-5-2-6-10-19/h1-10,18,20-21H,11-16H2,(H,23,25). The van der Waals surface area contributed by atoms with E-state index in [0.29, 0.717) is 5.92 Å². The van der Waals surface area contributed by atoms with Crippen LogP contribution in [0.4, 0.5) is 4.79 Å². The number of urea groups is 1. The van der Waals surface area contributed by atoms with Crippen LogP contribution in [0, 0.1) is 5.92 Å². The second-order valence-electron chi connectivity index (χ2n) is 7.29. The van der Waals surface area contributed by atoms with Crippen LogP contribution in [-0.2, 0) is 0 Å². The van der Waals surface area contributed by atoms with Crippen molar-refractivity contribution in [1.29, 1.82) is 0 Å². The van der Waals surface area contributed by atoms with Crippen LogP contribution in [0.5, 0.6) is 5.75 Å². The Hall–Kier alpha value is -2.49. The lowest BCUT2D eigenvalue weighted by molar-refractivity contribution is 0.109. The van der Waals surface area contributed by atoms with Gasteiger partial charge in [0.2, 0.25) is 0 Å². The minimum atomic E-state index is 0.0592. The Kier molecular flexibility index (Phi) is 5.09. The lowest BCUT2D eigenvalue weighted by atomic mass is 10.0. The monoisotopic (exact) mass is 350 g/mol. The summed E-state index contributed by atoms with van der Waals surface area (Å²) in [6.07, 6.45) is 4.35. The van der Waals surface area contributed by atoms with Gasteiger partial charge in [0.1, 0.15) is 11.9 Å². The predicted molar refractivity (Wildman–Crippen MR) is 102 cm³/mol. The summed E-state index contributed by atoms with van der Waals surface area (Å²) < 4.78 is 6.02. The van der Waals surface area contributed by atoms with Gasteiger partial charge >= 0.3 is 6.03 Å². The summed E-state index contributed by atoms with van der Waals surface area (Å²) in [5, 5.41) is 3.28. The molecule has 1 aliphatic carbocycles. The molecule has 1 N–H and O–H groups in total. The molecule has 1 saturated heterocycles. The number of para-hydroxylation sites is 1. The minimum Gasteiger partial charge on any atom is -0.490 e. The van der Waals surface area contributed by atoms with Crippen molar-refractivity contribution in [2.75, 3.05) is 13.1 Å². The molecule has 4 rings (SSSR count). The maximum atomic E-state index is 12.8. The third kappa shape index (κ3) is 4.18. The van der Waals surface area contributed by atoms with Crippen LogP contribution >= 0.6 is 0 Å². The smallest absolute Gasteiger partial charge is 0.317 e. The summed E-state index contributed by atoms with van der Waals surface area (Å²) in [7, 11) is 0. The van der Waals surface area contributed by atoms with E-state index in [4.69, 9.17) is 4.74 Å². The molecular formula is C22H26N2O2. The first-order chi connectivity index (χ1) is 12.8. The number of likely N-dealkylation sites (tertiary alicyclic amines) is 1. The number of rotatable bonds is 5. The Bertz CT molecular complexity index is 707. The predicted octanol–water partition coefficient (Wildman–Crippen LogP) is 4.39. The number of benzene rings is 2. The maximum absolute atomic E-state index is 12.8. The molecular weight excluding hydrogens is 324 g/mol. The molecule has 1 atom stereocenters. The number of ether oxygens (including phenoxy) is 1. The third-order valence-electron chi connectivity index (χ3n) is 5.31. The lowest BCUT2D eigenvalue weighted by Gasteiger charge is -2.33. The fourth-order valence-corrected chi connectivity index (χ4v) is 3.66. The molecule has 1 unspecified atom stereocenters. The molecule has 2 aromatic rings. The topological polar surface area (TPSA) is 41.6 Å². The van der Waals surface area contributed by atoms with E-state index in [2.05, 4.69) is 17.4 Å². The number of carbonyl (C=O) groups is 1. The van der Waals surface area contributed by atoms with Crippen molar-refractivity contribution in [3.63, 3.8) is 0 Å². The van der Waals surface area contributed by atoms with Gasteiger partial charge in [-0.05, 0) is 36.5 Å². The molecule has 0 radical (unpaired) electrons. The summed E-state index contributed by atoms with van der Waals surface area (Å²) in [5.74, 6) is 1.49. The molecule has 1 aliphatic heterocycles. The summed E-state index contributed by atoms with van der Waals surface area (Å²) in [6, 6.07) is 20.5. The number of piperidine rings is 1. The number of amides is 2. The van der Waals surface area contributed by atoms with Gasteiger partial charge in [-0.2, -0.15) is 0 Å². The van der Waals surface area contributed by atoms with Crippen LogP contribution in [-0.4, -0.2) is 30.1 Å². The zero-order chi connectivity index (χ0) is 17.8. The third-order valence-corrected chi connectivity index (χ3v) is 5.31. The van der Waals surface area contributed by atoms with Gasteiger partial charge in [-0.25, -0.2) is 4.79 Å². The summed E-state index contributed by atoms with van der Waals surface area (Å²) in [5.41, 5.74) is 1.21. The fraction of sp³-hybridized carbons (Fsp3) is 0.409. The molecule has 0 bridgehead atoms. The molecule has 2 aromatic carbocycles. The van der Waals surface area contributed by atoms with Gasteiger partial charge in [-0.3, -0.25) is 0 Å². The van der Waals surface area contributed by atoms with Gasteiger partial charge in [0.15, 0.2) is 0 Å². The molecule has 26 heavy (non-hydrogen) atoms. The van der Waals surface area contributed by atoms with Crippen LogP contribution in [0.3, 0.4) is 0 Å².